The number of nitrogens with two attached hydrogens (primary N) is 2. The predicted molar refractivity (Wildman–Crippen MR) is 95.3 cm³/mol. The zero-order valence-electron chi connectivity index (χ0n) is 14.9. The van der Waals surface area contributed by atoms with Crippen molar-refractivity contribution in [1.82, 2.24) is 0 Å². The summed E-state index contributed by atoms with van der Waals surface area (Å²) in [6, 6.07) is 5.60. The highest BCUT2D eigenvalue weighted by Crippen LogP contribution is 2.31. The second-order valence-electron chi connectivity index (χ2n) is 5.89. The van der Waals surface area contributed by atoms with E-state index in [-0.39, 0.29) is 35.8 Å². The van der Waals surface area contributed by atoms with Crippen LogP contribution in [0.3, 0.4) is 0 Å². The monoisotopic (exact) mass is 413 g/mol. The van der Waals surface area contributed by atoms with Crippen molar-refractivity contribution in [3.05, 3.63) is 64.5 Å². The molecule has 2 aromatic carbocycles. The SMILES string of the molecule is N#Cc1cc(F)c(NCC(F)(F)c2ccc(F)c(F)c2)c(CCON=C(N)N)c1. The Kier molecular flexibility index (Phi) is 6.82. The second kappa shape index (κ2) is 9.09. The molecule has 6 nitrogen and oxygen atoms in total. The van der Waals surface area contributed by atoms with E-state index in [0.717, 1.165) is 12.1 Å². The lowest BCUT2D eigenvalue weighted by molar-refractivity contribution is 0.0101. The molecule has 0 aliphatic carbocycles. The van der Waals surface area contributed by atoms with E-state index in [2.05, 4.69) is 10.5 Å². The molecule has 0 fully saturated rings. The maximum absolute atomic E-state index is 14.4. The van der Waals surface area contributed by atoms with Gasteiger partial charge in [-0.2, -0.15) is 14.0 Å². The molecule has 0 amide bonds. The Morgan fingerprint density at radius 2 is 1.83 bits per heavy atom. The van der Waals surface area contributed by atoms with Crippen molar-refractivity contribution in [2.45, 2.75) is 12.3 Å². The lowest BCUT2D eigenvalue weighted by Crippen LogP contribution is -2.26. The fourth-order valence-corrected chi connectivity index (χ4v) is 2.42. The standard InChI is InChI=1S/C18H16F5N5O/c19-13-2-1-12(7-14(13)20)18(22,23)9-27-16-11(3-4-29-28-17(25)26)5-10(8-24)6-15(16)21/h1-2,5-7,27H,3-4,9H2,(H4,25,26,28). The van der Waals surface area contributed by atoms with Gasteiger partial charge in [0, 0.05) is 12.0 Å². The minimum Gasteiger partial charge on any atom is -0.393 e. The van der Waals surface area contributed by atoms with Crippen molar-refractivity contribution in [3.8, 4) is 6.07 Å². The molecule has 29 heavy (non-hydrogen) atoms. The molecule has 11 heteroatoms. The van der Waals surface area contributed by atoms with Crippen molar-refractivity contribution in [3.63, 3.8) is 0 Å². The molecule has 0 saturated heterocycles. The Morgan fingerprint density at radius 1 is 1.10 bits per heavy atom. The number of nitriles is 1. The summed E-state index contributed by atoms with van der Waals surface area (Å²) in [6.45, 7) is -1.23. The first-order valence-corrected chi connectivity index (χ1v) is 8.14. The van der Waals surface area contributed by atoms with Gasteiger partial charge in [-0.15, -0.1) is 0 Å². The number of oxime groups is 1. The molecular weight excluding hydrogens is 397 g/mol. The average molecular weight is 413 g/mol. The van der Waals surface area contributed by atoms with E-state index < -0.39 is 35.5 Å². The molecule has 0 heterocycles. The van der Waals surface area contributed by atoms with E-state index >= 15 is 0 Å². The number of guanidine groups is 1. The van der Waals surface area contributed by atoms with Crippen LogP contribution in [-0.2, 0) is 17.2 Å². The summed E-state index contributed by atoms with van der Waals surface area (Å²) in [4.78, 5) is 4.79. The van der Waals surface area contributed by atoms with Gasteiger partial charge in [0.2, 0.25) is 5.96 Å². The summed E-state index contributed by atoms with van der Waals surface area (Å²) >= 11 is 0. The minimum atomic E-state index is -3.64. The first kappa shape index (κ1) is 21.7. The number of alkyl halides is 2. The average Bonchev–Trinajstić information content (AvgIpc) is 2.66. The van der Waals surface area contributed by atoms with Crippen molar-refractivity contribution in [2.75, 3.05) is 18.5 Å². The third-order valence-corrected chi connectivity index (χ3v) is 3.76. The van der Waals surface area contributed by atoms with Crippen LogP contribution in [0.4, 0.5) is 27.6 Å². The van der Waals surface area contributed by atoms with Crippen LogP contribution < -0.4 is 16.8 Å². The van der Waals surface area contributed by atoms with E-state index in [1.807, 2.05) is 0 Å². The highest BCUT2D eigenvalue weighted by molar-refractivity contribution is 5.74. The maximum Gasteiger partial charge on any atom is 0.290 e. The van der Waals surface area contributed by atoms with Crippen LogP contribution >= 0.6 is 0 Å². The zero-order valence-corrected chi connectivity index (χ0v) is 14.9. The predicted octanol–water partition coefficient (Wildman–Crippen LogP) is 2.93. The van der Waals surface area contributed by atoms with E-state index in [4.69, 9.17) is 21.6 Å². The number of hydrogen-bond acceptors (Lipinski definition) is 4. The second-order valence-corrected chi connectivity index (χ2v) is 5.89. The van der Waals surface area contributed by atoms with Gasteiger partial charge in [0.05, 0.1) is 23.9 Å². The van der Waals surface area contributed by atoms with Gasteiger partial charge in [-0.05, 0) is 41.1 Å². The van der Waals surface area contributed by atoms with Crippen LogP contribution in [0.1, 0.15) is 16.7 Å². The molecule has 5 N–H and O–H groups in total. The highest BCUT2D eigenvalue weighted by atomic mass is 19.3. The topological polar surface area (TPSA) is 109 Å². The smallest absolute Gasteiger partial charge is 0.290 e. The number of hydrogen-bond donors (Lipinski definition) is 3. The van der Waals surface area contributed by atoms with E-state index in [0.29, 0.717) is 12.1 Å². The number of anilines is 1. The summed E-state index contributed by atoms with van der Waals surface area (Å²) < 4.78 is 69.3. The molecule has 0 radical (unpaired) electrons. The normalized spacial score (nSPS) is 10.9. The van der Waals surface area contributed by atoms with E-state index in [1.165, 1.54) is 6.07 Å². The molecule has 0 bridgehead atoms. The first-order valence-electron chi connectivity index (χ1n) is 8.14. The number of benzene rings is 2. The third kappa shape index (κ3) is 5.71. The molecule has 2 aromatic rings. The molecule has 154 valence electrons. The Hall–Kier alpha value is -3.55. The van der Waals surface area contributed by atoms with Crippen LogP contribution in [-0.4, -0.2) is 19.1 Å². The number of halogens is 5. The van der Waals surface area contributed by atoms with Gasteiger partial charge in [0.15, 0.2) is 11.6 Å². The first-order chi connectivity index (χ1) is 13.6. The molecule has 2 rings (SSSR count). The van der Waals surface area contributed by atoms with Crippen LogP contribution in [0, 0.1) is 28.8 Å². The lowest BCUT2D eigenvalue weighted by atomic mass is 10.0. The Bertz CT molecular complexity index is 954. The molecule has 0 aliphatic rings. The van der Waals surface area contributed by atoms with E-state index in [1.54, 1.807) is 6.07 Å². The number of nitrogens with one attached hydrogen (secondary N) is 1. The van der Waals surface area contributed by atoms with Gasteiger partial charge in [-0.3, -0.25) is 0 Å². The van der Waals surface area contributed by atoms with E-state index in [9.17, 15) is 22.0 Å². The van der Waals surface area contributed by atoms with Gasteiger partial charge >= 0.3 is 0 Å². The molecule has 0 saturated carbocycles. The van der Waals surface area contributed by atoms with Gasteiger partial charge in [0.1, 0.15) is 12.4 Å². The summed E-state index contributed by atoms with van der Waals surface area (Å²) in [6.07, 6.45) is -0.0116. The molecule has 0 atom stereocenters. The minimum absolute atomic E-state index is 0.0116. The molecule has 0 aromatic heterocycles. The molecule has 0 spiro atoms. The lowest BCUT2D eigenvalue weighted by Gasteiger charge is -2.20. The molecule has 0 aliphatic heterocycles. The quantitative estimate of drug-likeness (QED) is 0.203. The Morgan fingerprint density at radius 3 is 2.45 bits per heavy atom. The van der Waals surface area contributed by atoms with Crippen molar-refractivity contribution < 1.29 is 26.8 Å². The van der Waals surface area contributed by atoms with Crippen molar-refractivity contribution >= 4 is 11.6 Å². The Balaban J connectivity index is 2.22. The summed E-state index contributed by atoms with van der Waals surface area (Å²) in [5.74, 6) is -7.61. The fourth-order valence-electron chi connectivity index (χ4n) is 2.42. The molecular formula is C18H16F5N5O. The van der Waals surface area contributed by atoms with Crippen LogP contribution in [0.5, 0.6) is 0 Å². The van der Waals surface area contributed by atoms with Gasteiger partial charge in [-0.25, -0.2) is 13.2 Å². The third-order valence-electron chi connectivity index (χ3n) is 3.76. The molecule has 0 unspecified atom stereocenters. The summed E-state index contributed by atoms with van der Waals surface area (Å²) in [5.41, 5.74) is 9.25. The van der Waals surface area contributed by atoms with Crippen molar-refractivity contribution in [1.29, 1.82) is 5.26 Å². The summed E-state index contributed by atoms with van der Waals surface area (Å²) in [7, 11) is 0. The van der Waals surface area contributed by atoms with Crippen LogP contribution in [0.2, 0.25) is 0 Å². The Labute approximate surface area is 162 Å². The summed E-state index contributed by atoms with van der Waals surface area (Å²) in [5, 5.41) is 14.5. The zero-order chi connectivity index (χ0) is 21.6. The van der Waals surface area contributed by atoms with Gasteiger partial charge in [0.25, 0.3) is 5.92 Å². The number of rotatable bonds is 8. The van der Waals surface area contributed by atoms with Crippen molar-refractivity contribution in [2.24, 2.45) is 16.6 Å². The van der Waals surface area contributed by atoms with Crippen LogP contribution in [0.25, 0.3) is 0 Å². The van der Waals surface area contributed by atoms with Gasteiger partial charge in [-0.1, -0.05) is 0 Å². The van der Waals surface area contributed by atoms with Gasteiger partial charge < -0.3 is 21.6 Å². The maximum atomic E-state index is 14.4. The largest absolute Gasteiger partial charge is 0.393 e. The highest BCUT2D eigenvalue weighted by Gasteiger charge is 2.33. The fraction of sp³-hybridized carbons (Fsp3) is 0.222. The number of nitrogens with zero attached hydrogens (tertiary/aromatic N) is 2. The van der Waals surface area contributed by atoms with Crippen LogP contribution in [0.15, 0.2) is 35.5 Å².